The molecule has 0 amide bonds. The SMILES string of the molecule is CCC(C)N(CC)C(CC(N)=S)c1ccccc1. The molecule has 0 radical (unpaired) electrons. The lowest BCUT2D eigenvalue weighted by Gasteiger charge is -2.35. The Bertz CT molecular complexity index is 364. The van der Waals surface area contributed by atoms with E-state index in [0.717, 1.165) is 19.4 Å². The highest BCUT2D eigenvalue weighted by atomic mass is 32.1. The maximum atomic E-state index is 5.77. The van der Waals surface area contributed by atoms with E-state index >= 15 is 0 Å². The molecule has 1 rings (SSSR count). The molecule has 0 aliphatic carbocycles. The number of rotatable bonds is 7. The molecule has 2 atom stereocenters. The first-order valence-corrected chi connectivity index (χ1v) is 7.09. The minimum atomic E-state index is 0.295. The standard InChI is InChI=1S/C15H24N2S/c1-4-12(3)17(5-2)14(11-15(16)18)13-9-7-6-8-10-13/h6-10,12,14H,4-5,11H2,1-3H3,(H2,16,18). The van der Waals surface area contributed by atoms with Gasteiger partial charge >= 0.3 is 0 Å². The Kier molecular flexibility index (Phi) is 6.30. The zero-order valence-electron chi connectivity index (χ0n) is 11.6. The van der Waals surface area contributed by atoms with Crippen LogP contribution in [0.25, 0.3) is 0 Å². The lowest BCUT2D eigenvalue weighted by atomic mass is 9.99. The van der Waals surface area contributed by atoms with Gasteiger partial charge in [0.1, 0.15) is 0 Å². The maximum Gasteiger partial charge on any atom is 0.0746 e. The van der Waals surface area contributed by atoms with Crippen LogP contribution in [0.3, 0.4) is 0 Å². The van der Waals surface area contributed by atoms with Gasteiger partial charge in [-0.15, -0.1) is 0 Å². The summed E-state index contributed by atoms with van der Waals surface area (Å²) in [6, 6.07) is 11.3. The second-order valence-electron chi connectivity index (χ2n) is 4.68. The van der Waals surface area contributed by atoms with Crippen LogP contribution in [0.4, 0.5) is 0 Å². The number of benzene rings is 1. The van der Waals surface area contributed by atoms with Crippen molar-refractivity contribution in [3.8, 4) is 0 Å². The van der Waals surface area contributed by atoms with Gasteiger partial charge in [0.25, 0.3) is 0 Å². The second kappa shape index (κ2) is 7.49. The average molecular weight is 264 g/mol. The molecule has 2 unspecified atom stereocenters. The third-order valence-electron chi connectivity index (χ3n) is 3.50. The summed E-state index contributed by atoms with van der Waals surface area (Å²) in [5, 5.41) is 0. The minimum absolute atomic E-state index is 0.295. The number of thiocarbonyl (C=S) groups is 1. The molecule has 1 aromatic rings. The fourth-order valence-corrected chi connectivity index (χ4v) is 2.52. The van der Waals surface area contributed by atoms with E-state index in [1.165, 1.54) is 5.56 Å². The van der Waals surface area contributed by atoms with Gasteiger partial charge in [-0.2, -0.15) is 0 Å². The van der Waals surface area contributed by atoms with Crippen LogP contribution in [0, 0.1) is 0 Å². The first kappa shape index (κ1) is 15.1. The second-order valence-corrected chi connectivity index (χ2v) is 5.21. The predicted molar refractivity (Wildman–Crippen MR) is 82.7 cm³/mol. The molecule has 0 saturated carbocycles. The fourth-order valence-electron chi connectivity index (χ4n) is 2.37. The van der Waals surface area contributed by atoms with Crippen LogP contribution in [-0.4, -0.2) is 22.5 Å². The van der Waals surface area contributed by atoms with Gasteiger partial charge in [-0.3, -0.25) is 4.90 Å². The van der Waals surface area contributed by atoms with Crippen molar-refractivity contribution in [2.75, 3.05) is 6.54 Å². The topological polar surface area (TPSA) is 29.3 Å². The van der Waals surface area contributed by atoms with E-state index < -0.39 is 0 Å². The normalized spacial score (nSPS) is 14.4. The highest BCUT2D eigenvalue weighted by Crippen LogP contribution is 2.27. The molecule has 1 aromatic carbocycles. The zero-order valence-corrected chi connectivity index (χ0v) is 12.4. The van der Waals surface area contributed by atoms with Crippen molar-refractivity contribution in [1.82, 2.24) is 4.90 Å². The lowest BCUT2D eigenvalue weighted by Crippen LogP contribution is -2.37. The van der Waals surface area contributed by atoms with E-state index in [-0.39, 0.29) is 0 Å². The van der Waals surface area contributed by atoms with Crippen LogP contribution in [0.15, 0.2) is 30.3 Å². The summed E-state index contributed by atoms with van der Waals surface area (Å²) >= 11 is 5.11. The molecular weight excluding hydrogens is 240 g/mol. The first-order chi connectivity index (χ1) is 8.60. The number of nitrogens with zero attached hydrogens (tertiary/aromatic N) is 1. The molecule has 2 nitrogen and oxygen atoms in total. The largest absolute Gasteiger partial charge is 0.393 e. The summed E-state index contributed by atoms with van der Waals surface area (Å²) in [6.45, 7) is 7.69. The van der Waals surface area contributed by atoms with Crippen molar-refractivity contribution in [3.63, 3.8) is 0 Å². The molecule has 100 valence electrons. The van der Waals surface area contributed by atoms with Gasteiger partial charge in [-0.05, 0) is 25.5 Å². The molecule has 0 aliphatic rings. The Morgan fingerprint density at radius 2 is 1.89 bits per heavy atom. The van der Waals surface area contributed by atoms with Gasteiger partial charge in [0.2, 0.25) is 0 Å². The summed E-state index contributed by atoms with van der Waals surface area (Å²) < 4.78 is 0. The Hall–Kier alpha value is -0.930. The third-order valence-corrected chi connectivity index (χ3v) is 3.67. The highest BCUT2D eigenvalue weighted by molar-refractivity contribution is 7.80. The monoisotopic (exact) mass is 264 g/mol. The molecular formula is C15H24N2S. The highest BCUT2D eigenvalue weighted by Gasteiger charge is 2.23. The van der Waals surface area contributed by atoms with Gasteiger partial charge in [-0.1, -0.05) is 56.4 Å². The van der Waals surface area contributed by atoms with Gasteiger partial charge in [-0.25, -0.2) is 0 Å². The molecule has 18 heavy (non-hydrogen) atoms. The van der Waals surface area contributed by atoms with Crippen molar-refractivity contribution in [2.24, 2.45) is 5.73 Å². The number of hydrogen-bond donors (Lipinski definition) is 1. The zero-order chi connectivity index (χ0) is 13.5. The van der Waals surface area contributed by atoms with Crippen molar-refractivity contribution < 1.29 is 0 Å². The molecule has 2 N–H and O–H groups in total. The van der Waals surface area contributed by atoms with Gasteiger partial charge in [0, 0.05) is 18.5 Å². The Morgan fingerprint density at radius 1 is 1.28 bits per heavy atom. The number of hydrogen-bond acceptors (Lipinski definition) is 2. The summed E-state index contributed by atoms with van der Waals surface area (Å²) in [5.41, 5.74) is 7.07. The van der Waals surface area contributed by atoms with Gasteiger partial charge < -0.3 is 5.73 Å². The Labute approximate surface area is 116 Å². The van der Waals surface area contributed by atoms with Crippen LogP contribution >= 0.6 is 12.2 Å². The summed E-state index contributed by atoms with van der Waals surface area (Å²) in [7, 11) is 0. The molecule has 0 bridgehead atoms. The smallest absolute Gasteiger partial charge is 0.0746 e. The van der Waals surface area contributed by atoms with Crippen LogP contribution in [-0.2, 0) is 0 Å². The van der Waals surface area contributed by atoms with Crippen molar-refractivity contribution >= 4 is 17.2 Å². The summed E-state index contributed by atoms with van der Waals surface area (Å²) in [5.74, 6) is 0. The molecule has 0 heterocycles. The van der Waals surface area contributed by atoms with E-state index in [4.69, 9.17) is 18.0 Å². The molecule has 3 heteroatoms. The van der Waals surface area contributed by atoms with Crippen molar-refractivity contribution in [2.45, 2.75) is 45.7 Å². The van der Waals surface area contributed by atoms with E-state index in [1.54, 1.807) is 0 Å². The summed E-state index contributed by atoms with van der Waals surface area (Å²) in [4.78, 5) is 3.07. The number of nitrogens with two attached hydrogens (primary N) is 1. The van der Waals surface area contributed by atoms with Crippen LogP contribution in [0.5, 0.6) is 0 Å². The summed E-state index contributed by atoms with van der Waals surface area (Å²) in [6.07, 6.45) is 1.88. The fraction of sp³-hybridized carbons (Fsp3) is 0.533. The average Bonchev–Trinajstić information content (AvgIpc) is 2.38. The van der Waals surface area contributed by atoms with Crippen LogP contribution in [0.1, 0.15) is 45.2 Å². The molecule has 0 saturated heterocycles. The lowest BCUT2D eigenvalue weighted by molar-refractivity contribution is 0.151. The van der Waals surface area contributed by atoms with E-state index in [9.17, 15) is 0 Å². The van der Waals surface area contributed by atoms with Crippen LogP contribution in [0.2, 0.25) is 0 Å². The van der Waals surface area contributed by atoms with E-state index in [0.29, 0.717) is 17.1 Å². The molecule has 0 fully saturated rings. The maximum absolute atomic E-state index is 5.77. The quantitative estimate of drug-likeness (QED) is 0.764. The van der Waals surface area contributed by atoms with Gasteiger partial charge in [0.05, 0.1) is 4.99 Å². The van der Waals surface area contributed by atoms with Gasteiger partial charge in [0.15, 0.2) is 0 Å². The Morgan fingerprint density at radius 3 is 2.33 bits per heavy atom. The Balaban J connectivity index is 3.00. The first-order valence-electron chi connectivity index (χ1n) is 6.69. The molecule has 0 spiro atoms. The molecule has 0 aliphatic heterocycles. The van der Waals surface area contributed by atoms with Crippen LogP contribution < -0.4 is 5.73 Å². The van der Waals surface area contributed by atoms with E-state index in [2.05, 4.69) is 49.9 Å². The predicted octanol–water partition coefficient (Wildman–Crippen LogP) is 3.52. The minimum Gasteiger partial charge on any atom is -0.393 e. The van der Waals surface area contributed by atoms with Crippen molar-refractivity contribution in [3.05, 3.63) is 35.9 Å². The molecule has 0 aromatic heterocycles. The van der Waals surface area contributed by atoms with E-state index in [1.807, 2.05) is 6.07 Å². The third kappa shape index (κ3) is 4.07. The van der Waals surface area contributed by atoms with Crippen molar-refractivity contribution in [1.29, 1.82) is 0 Å².